The number of anilines is 1. The molecule has 2 rings (SSSR count). The second-order valence-electron chi connectivity index (χ2n) is 3.38. The summed E-state index contributed by atoms with van der Waals surface area (Å²) < 4.78 is 0. The van der Waals surface area contributed by atoms with Crippen LogP contribution in [0.25, 0.3) is 11.3 Å². The van der Waals surface area contributed by atoms with Crippen LogP contribution in [-0.2, 0) is 0 Å². The van der Waals surface area contributed by atoms with Gasteiger partial charge in [-0.2, -0.15) is 0 Å². The lowest BCUT2D eigenvalue weighted by atomic mass is 10.1. The standard InChI is InChI=1S/C11H13N3/c1-14(2)11-6-4-3-5-9(11)10-7-12-8-13-10/h3-8H,1-2H3,(H,12,13). The molecule has 0 spiro atoms. The predicted molar refractivity (Wildman–Crippen MR) is 58.4 cm³/mol. The third kappa shape index (κ3) is 1.48. The first kappa shape index (κ1) is 8.81. The maximum absolute atomic E-state index is 4.02. The molecule has 0 atom stereocenters. The van der Waals surface area contributed by atoms with Crippen molar-refractivity contribution in [2.24, 2.45) is 0 Å². The minimum absolute atomic E-state index is 1.05. The number of para-hydroxylation sites is 1. The van der Waals surface area contributed by atoms with Gasteiger partial charge in [0.1, 0.15) is 0 Å². The highest BCUT2D eigenvalue weighted by atomic mass is 15.1. The van der Waals surface area contributed by atoms with E-state index in [0.29, 0.717) is 0 Å². The first-order valence-electron chi connectivity index (χ1n) is 4.54. The van der Waals surface area contributed by atoms with Crippen LogP contribution in [-0.4, -0.2) is 24.1 Å². The minimum Gasteiger partial charge on any atom is -0.377 e. The van der Waals surface area contributed by atoms with E-state index in [0.717, 1.165) is 5.69 Å². The van der Waals surface area contributed by atoms with Crippen LogP contribution in [0.2, 0.25) is 0 Å². The molecular weight excluding hydrogens is 174 g/mol. The van der Waals surface area contributed by atoms with Gasteiger partial charge in [0.05, 0.1) is 18.2 Å². The number of hydrogen-bond acceptors (Lipinski definition) is 2. The molecule has 1 N–H and O–H groups in total. The summed E-state index contributed by atoms with van der Waals surface area (Å²) >= 11 is 0. The van der Waals surface area contributed by atoms with Crippen LogP contribution in [0.15, 0.2) is 36.8 Å². The van der Waals surface area contributed by atoms with E-state index in [4.69, 9.17) is 0 Å². The highest BCUT2D eigenvalue weighted by Gasteiger charge is 2.05. The molecule has 0 aliphatic rings. The summed E-state index contributed by atoms with van der Waals surface area (Å²) in [5.41, 5.74) is 3.42. The van der Waals surface area contributed by atoms with E-state index >= 15 is 0 Å². The van der Waals surface area contributed by atoms with Gasteiger partial charge in [0.25, 0.3) is 0 Å². The Kier molecular flexibility index (Phi) is 2.23. The Bertz CT molecular complexity index is 404. The summed E-state index contributed by atoms with van der Waals surface area (Å²) in [6, 6.07) is 8.25. The van der Waals surface area contributed by atoms with Crippen molar-refractivity contribution in [3.8, 4) is 11.3 Å². The number of aromatic nitrogens is 2. The maximum Gasteiger partial charge on any atom is 0.0924 e. The van der Waals surface area contributed by atoms with Crippen LogP contribution >= 0.6 is 0 Å². The fourth-order valence-corrected chi connectivity index (χ4v) is 1.49. The molecule has 0 aliphatic carbocycles. The zero-order valence-corrected chi connectivity index (χ0v) is 8.36. The Morgan fingerprint density at radius 1 is 1.21 bits per heavy atom. The van der Waals surface area contributed by atoms with Crippen molar-refractivity contribution in [2.45, 2.75) is 0 Å². The van der Waals surface area contributed by atoms with Gasteiger partial charge < -0.3 is 9.88 Å². The molecule has 0 fully saturated rings. The first-order chi connectivity index (χ1) is 6.79. The molecule has 72 valence electrons. The van der Waals surface area contributed by atoms with Crippen LogP contribution in [0.3, 0.4) is 0 Å². The lowest BCUT2D eigenvalue weighted by Crippen LogP contribution is -2.09. The van der Waals surface area contributed by atoms with Gasteiger partial charge in [-0.05, 0) is 6.07 Å². The molecule has 0 radical (unpaired) electrons. The zero-order valence-electron chi connectivity index (χ0n) is 8.36. The molecule has 1 aromatic carbocycles. The lowest BCUT2D eigenvalue weighted by molar-refractivity contribution is 1.13. The fraction of sp³-hybridized carbons (Fsp3) is 0.182. The SMILES string of the molecule is CN(C)c1ccccc1-c1cnc[nH]1. The summed E-state index contributed by atoms with van der Waals surface area (Å²) in [4.78, 5) is 9.23. The molecule has 3 heteroatoms. The van der Waals surface area contributed by atoms with E-state index in [2.05, 4.69) is 27.0 Å². The lowest BCUT2D eigenvalue weighted by Gasteiger charge is -2.16. The molecule has 14 heavy (non-hydrogen) atoms. The summed E-state index contributed by atoms with van der Waals surface area (Å²) in [5, 5.41) is 0. The van der Waals surface area contributed by atoms with Crippen LogP contribution in [0.1, 0.15) is 0 Å². The molecule has 0 bridgehead atoms. The third-order valence-electron chi connectivity index (χ3n) is 2.17. The molecule has 0 aliphatic heterocycles. The van der Waals surface area contributed by atoms with Crippen LogP contribution in [0.5, 0.6) is 0 Å². The molecular formula is C11H13N3. The van der Waals surface area contributed by atoms with Crippen molar-refractivity contribution in [3.63, 3.8) is 0 Å². The van der Waals surface area contributed by atoms with E-state index < -0.39 is 0 Å². The Morgan fingerprint density at radius 3 is 2.64 bits per heavy atom. The third-order valence-corrected chi connectivity index (χ3v) is 2.17. The number of aromatic amines is 1. The second kappa shape index (κ2) is 3.54. The Balaban J connectivity index is 2.53. The summed E-state index contributed by atoms with van der Waals surface area (Å²) in [6.45, 7) is 0. The van der Waals surface area contributed by atoms with Gasteiger partial charge in [-0.1, -0.05) is 18.2 Å². The van der Waals surface area contributed by atoms with Crippen molar-refractivity contribution >= 4 is 5.69 Å². The van der Waals surface area contributed by atoms with Crippen LogP contribution in [0.4, 0.5) is 5.69 Å². The van der Waals surface area contributed by atoms with E-state index in [1.807, 2.05) is 32.4 Å². The number of benzene rings is 1. The molecule has 0 unspecified atom stereocenters. The monoisotopic (exact) mass is 187 g/mol. The molecule has 1 aromatic heterocycles. The van der Waals surface area contributed by atoms with Crippen LogP contribution in [0, 0.1) is 0 Å². The number of H-pyrrole nitrogens is 1. The summed E-state index contributed by atoms with van der Waals surface area (Å²) in [5.74, 6) is 0. The Morgan fingerprint density at radius 2 is 2.00 bits per heavy atom. The number of hydrogen-bond donors (Lipinski definition) is 1. The average molecular weight is 187 g/mol. The smallest absolute Gasteiger partial charge is 0.0924 e. The van der Waals surface area contributed by atoms with Gasteiger partial charge >= 0.3 is 0 Å². The molecule has 2 aromatic rings. The highest BCUT2D eigenvalue weighted by molar-refractivity contribution is 5.75. The highest BCUT2D eigenvalue weighted by Crippen LogP contribution is 2.27. The quantitative estimate of drug-likeness (QED) is 0.781. The number of nitrogens with zero attached hydrogens (tertiary/aromatic N) is 2. The van der Waals surface area contributed by atoms with E-state index in [9.17, 15) is 0 Å². The van der Waals surface area contributed by atoms with Crippen molar-refractivity contribution < 1.29 is 0 Å². The molecule has 0 amide bonds. The summed E-state index contributed by atoms with van der Waals surface area (Å²) in [7, 11) is 4.07. The van der Waals surface area contributed by atoms with Gasteiger partial charge in [-0.15, -0.1) is 0 Å². The molecule has 0 saturated heterocycles. The van der Waals surface area contributed by atoms with Gasteiger partial charge in [0.2, 0.25) is 0 Å². The molecule has 1 heterocycles. The minimum atomic E-state index is 1.05. The maximum atomic E-state index is 4.02. The van der Waals surface area contributed by atoms with Crippen LogP contribution < -0.4 is 4.90 Å². The molecule has 0 saturated carbocycles. The van der Waals surface area contributed by atoms with E-state index in [1.165, 1.54) is 11.3 Å². The first-order valence-corrected chi connectivity index (χ1v) is 4.54. The summed E-state index contributed by atoms with van der Waals surface area (Å²) in [6.07, 6.45) is 3.53. The molecule has 3 nitrogen and oxygen atoms in total. The fourth-order valence-electron chi connectivity index (χ4n) is 1.49. The van der Waals surface area contributed by atoms with Crippen molar-refractivity contribution in [2.75, 3.05) is 19.0 Å². The van der Waals surface area contributed by atoms with E-state index in [-0.39, 0.29) is 0 Å². The van der Waals surface area contributed by atoms with Gasteiger partial charge in [0, 0.05) is 25.3 Å². The van der Waals surface area contributed by atoms with Gasteiger partial charge in [0.15, 0.2) is 0 Å². The van der Waals surface area contributed by atoms with Crippen molar-refractivity contribution in [3.05, 3.63) is 36.8 Å². The van der Waals surface area contributed by atoms with E-state index in [1.54, 1.807) is 6.33 Å². The van der Waals surface area contributed by atoms with Gasteiger partial charge in [-0.25, -0.2) is 4.98 Å². The predicted octanol–water partition coefficient (Wildman–Crippen LogP) is 2.14. The number of rotatable bonds is 2. The normalized spacial score (nSPS) is 10.1. The zero-order chi connectivity index (χ0) is 9.97. The Hall–Kier alpha value is -1.77. The Labute approximate surface area is 83.4 Å². The van der Waals surface area contributed by atoms with Gasteiger partial charge in [-0.3, -0.25) is 0 Å². The largest absolute Gasteiger partial charge is 0.377 e. The van der Waals surface area contributed by atoms with Crippen molar-refractivity contribution in [1.29, 1.82) is 0 Å². The second-order valence-corrected chi connectivity index (χ2v) is 3.38. The number of nitrogens with one attached hydrogen (secondary N) is 1. The van der Waals surface area contributed by atoms with Crippen molar-refractivity contribution in [1.82, 2.24) is 9.97 Å². The number of imidazole rings is 1. The topological polar surface area (TPSA) is 31.9 Å². The average Bonchev–Trinajstić information content (AvgIpc) is 2.70.